The molecule has 0 bridgehead atoms. The van der Waals surface area contributed by atoms with Gasteiger partial charge >= 0.3 is 0 Å². The molecule has 0 aliphatic rings. The van der Waals surface area contributed by atoms with E-state index in [0.29, 0.717) is 0 Å². The fourth-order valence-corrected chi connectivity index (χ4v) is 2.85. The van der Waals surface area contributed by atoms with Gasteiger partial charge in [0, 0.05) is 33.8 Å². The number of aromatic nitrogens is 2. The van der Waals surface area contributed by atoms with Crippen molar-refractivity contribution in [2.45, 2.75) is 40.0 Å². The first-order chi connectivity index (χ1) is 8.81. The number of rotatable bonds is 2. The van der Waals surface area contributed by atoms with Gasteiger partial charge in [-0.25, -0.2) is 9.97 Å². The third kappa shape index (κ3) is 2.95. The predicted molar refractivity (Wildman–Crippen MR) is 83.1 cm³/mol. The minimum atomic E-state index is 0.0161. The van der Waals surface area contributed by atoms with E-state index in [1.807, 2.05) is 13.1 Å². The maximum atomic E-state index is 4.75. The standard InChI is InChI=1S/C15H21N3S/c1-9-7-11(10(2)19-9)14-17-12(15(3,4)5)8-13(16-6)18-14/h7-8H,1-6H3,(H,16,17,18). The summed E-state index contributed by atoms with van der Waals surface area (Å²) in [5.74, 6) is 1.69. The van der Waals surface area contributed by atoms with Crippen LogP contribution in [0.1, 0.15) is 36.2 Å². The van der Waals surface area contributed by atoms with Crippen LogP contribution in [0.4, 0.5) is 5.82 Å². The minimum Gasteiger partial charge on any atom is -0.373 e. The zero-order chi connectivity index (χ0) is 14.2. The van der Waals surface area contributed by atoms with E-state index in [0.717, 1.165) is 22.9 Å². The van der Waals surface area contributed by atoms with E-state index in [1.54, 1.807) is 11.3 Å². The molecule has 0 saturated heterocycles. The van der Waals surface area contributed by atoms with E-state index >= 15 is 0 Å². The highest BCUT2D eigenvalue weighted by Crippen LogP contribution is 2.31. The van der Waals surface area contributed by atoms with Gasteiger partial charge < -0.3 is 5.32 Å². The molecule has 2 rings (SSSR count). The van der Waals surface area contributed by atoms with Gasteiger partial charge in [0.15, 0.2) is 5.82 Å². The maximum absolute atomic E-state index is 4.75. The van der Waals surface area contributed by atoms with Crippen LogP contribution >= 0.6 is 11.3 Å². The summed E-state index contributed by atoms with van der Waals surface area (Å²) in [6, 6.07) is 4.19. The van der Waals surface area contributed by atoms with Crippen LogP contribution in [0.15, 0.2) is 12.1 Å². The molecule has 1 N–H and O–H groups in total. The lowest BCUT2D eigenvalue weighted by molar-refractivity contribution is 0.568. The highest BCUT2D eigenvalue weighted by atomic mass is 32.1. The van der Waals surface area contributed by atoms with Crippen molar-refractivity contribution in [2.75, 3.05) is 12.4 Å². The van der Waals surface area contributed by atoms with E-state index in [4.69, 9.17) is 4.98 Å². The van der Waals surface area contributed by atoms with E-state index in [9.17, 15) is 0 Å². The molecule has 0 fully saturated rings. The molecule has 4 heteroatoms. The van der Waals surface area contributed by atoms with E-state index in [2.05, 4.69) is 51.0 Å². The summed E-state index contributed by atoms with van der Waals surface area (Å²) >= 11 is 1.79. The Morgan fingerprint density at radius 3 is 2.26 bits per heavy atom. The molecule has 0 unspecified atom stereocenters. The number of aryl methyl sites for hydroxylation is 2. The van der Waals surface area contributed by atoms with Crippen molar-refractivity contribution in [3.05, 3.63) is 27.6 Å². The lowest BCUT2D eigenvalue weighted by Crippen LogP contribution is -2.15. The molecule has 2 heterocycles. The molecular formula is C15H21N3S. The second-order valence-electron chi connectivity index (χ2n) is 5.79. The van der Waals surface area contributed by atoms with Crippen LogP contribution in [0.2, 0.25) is 0 Å². The molecule has 0 aromatic carbocycles. The molecule has 0 aliphatic heterocycles. The maximum Gasteiger partial charge on any atom is 0.162 e. The van der Waals surface area contributed by atoms with Crippen molar-refractivity contribution in [3.8, 4) is 11.4 Å². The van der Waals surface area contributed by atoms with Crippen LogP contribution < -0.4 is 5.32 Å². The largest absolute Gasteiger partial charge is 0.373 e. The highest BCUT2D eigenvalue weighted by Gasteiger charge is 2.19. The first-order valence-electron chi connectivity index (χ1n) is 6.46. The van der Waals surface area contributed by atoms with Crippen LogP contribution in [-0.4, -0.2) is 17.0 Å². The molecule has 0 amide bonds. The summed E-state index contributed by atoms with van der Waals surface area (Å²) in [5, 5.41) is 3.13. The molecule has 0 saturated carbocycles. The number of nitrogens with zero attached hydrogens (tertiary/aromatic N) is 2. The van der Waals surface area contributed by atoms with Crippen molar-refractivity contribution in [1.29, 1.82) is 0 Å². The Kier molecular flexibility index (Phi) is 3.63. The Morgan fingerprint density at radius 1 is 1.11 bits per heavy atom. The quantitative estimate of drug-likeness (QED) is 0.894. The smallest absolute Gasteiger partial charge is 0.162 e. The fraction of sp³-hybridized carbons (Fsp3) is 0.467. The number of hydrogen-bond donors (Lipinski definition) is 1. The normalized spacial score (nSPS) is 11.7. The molecule has 0 spiro atoms. The van der Waals surface area contributed by atoms with E-state index < -0.39 is 0 Å². The van der Waals surface area contributed by atoms with Crippen LogP contribution in [0, 0.1) is 13.8 Å². The monoisotopic (exact) mass is 275 g/mol. The van der Waals surface area contributed by atoms with Crippen LogP contribution in [0.25, 0.3) is 11.4 Å². The summed E-state index contributed by atoms with van der Waals surface area (Å²) in [6.45, 7) is 10.8. The lowest BCUT2D eigenvalue weighted by Gasteiger charge is -2.19. The molecule has 2 aromatic rings. The fourth-order valence-electron chi connectivity index (χ4n) is 1.93. The number of anilines is 1. The lowest BCUT2D eigenvalue weighted by atomic mass is 9.92. The second kappa shape index (κ2) is 4.93. The number of thiophene rings is 1. The zero-order valence-corrected chi connectivity index (χ0v) is 13.3. The Morgan fingerprint density at radius 2 is 1.79 bits per heavy atom. The Bertz CT molecular complexity index is 594. The molecule has 0 aliphatic carbocycles. The molecule has 102 valence electrons. The van der Waals surface area contributed by atoms with Gasteiger partial charge in [-0.1, -0.05) is 20.8 Å². The van der Waals surface area contributed by atoms with E-state index in [-0.39, 0.29) is 5.41 Å². The topological polar surface area (TPSA) is 37.8 Å². The zero-order valence-electron chi connectivity index (χ0n) is 12.5. The van der Waals surface area contributed by atoms with Gasteiger partial charge in [-0.2, -0.15) is 0 Å². The van der Waals surface area contributed by atoms with Crippen molar-refractivity contribution in [1.82, 2.24) is 9.97 Å². The number of hydrogen-bond acceptors (Lipinski definition) is 4. The third-order valence-corrected chi connectivity index (χ3v) is 4.00. The Balaban J connectivity index is 2.60. The summed E-state index contributed by atoms with van der Waals surface area (Å²) in [6.07, 6.45) is 0. The van der Waals surface area contributed by atoms with Crippen molar-refractivity contribution in [3.63, 3.8) is 0 Å². The van der Waals surface area contributed by atoms with Gasteiger partial charge in [0.25, 0.3) is 0 Å². The second-order valence-corrected chi connectivity index (χ2v) is 7.25. The summed E-state index contributed by atoms with van der Waals surface area (Å²) in [5.41, 5.74) is 2.22. The molecule has 19 heavy (non-hydrogen) atoms. The predicted octanol–water partition coefficient (Wildman–Crippen LogP) is 4.16. The van der Waals surface area contributed by atoms with Gasteiger partial charge in [-0.05, 0) is 19.9 Å². The van der Waals surface area contributed by atoms with Gasteiger partial charge in [0.1, 0.15) is 5.82 Å². The highest BCUT2D eigenvalue weighted by molar-refractivity contribution is 7.12. The molecule has 0 atom stereocenters. The molecular weight excluding hydrogens is 254 g/mol. The van der Waals surface area contributed by atoms with Crippen molar-refractivity contribution >= 4 is 17.2 Å². The van der Waals surface area contributed by atoms with Gasteiger partial charge in [-0.3, -0.25) is 0 Å². The SMILES string of the molecule is CNc1cc(C(C)(C)C)nc(-c2cc(C)sc2C)n1. The van der Waals surface area contributed by atoms with E-state index in [1.165, 1.54) is 9.75 Å². The first kappa shape index (κ1) is 14.0. The average Bonchev–Trinajstić information content (AvgIpc) is 2.66. The minimum absolute atomic E-state index is 0.0161. The summed E-state index contributed by atoms with van der Waals surface area (Å²) in [4.78, 5) is 11.9. The van der Waals surface area contributed by atoms with Crippen LogP contribution in [0.5, 0.6) is 0 Å². The van der Waals surface area contributed by atoms with Gasteiger partial charge in [-0.15, -0.1) is 11.3 Å². The molecule has 0 radical (unpaired) electrons. The summed E-state index contributed by atoms with van der Waals surface area (Å²) in [7, 11) is 1.89. The van der Waals surface area contributed by atoms with Crippen molar-refractivity contribution < 1.29 is 0 Å². The Labute approximate surface area is 119 Å². The third-order valence-electron chi connectivity index (χ3n) is 3.03. The Hall–Kier alpha value is -1.42. The average molecular weight is 275 g/mol. The summed E-state index contributed by atoms with van der Waals surface area (Å²) < 4.78 is 0. The number of nitrogens with one attached hydrogen (secondary N) is 1. The van der Waals surface area contributed by atoms with Crippen molar-refractivity contribution in [2.24, 2.45) is 0 Å². The first-order valence-corrected chi connectivity index (χ1v) is 7.27. The van der Waals surface area contributed by atoms with Crippen LogP contribution in [0.3, 0.4) is 0 Å². The van der Waals surface area contributed by atoms with Gasteiger partial charge in [0.05, 0.1) is 5.69 Å². The van der Waals surface area contributed by atoms with Gasteiger partial charge in [0.2, 0.25) is 0 Å². The molecule has 2 aromatic heterocycles. The van der Waals surface area contributed by atoms with Crippen LogP contribution in [-0.2, 0) is 5.41 Å². The molecule has 3 nitrogen and oxygen atoms in total.